The van der Waals surface area contributed by atoms with Crippen molar-refractivity contribution in [3.8, 4) is 11.5 Å². The Morgan fingerprint density at radius 1 is 1.56 bits per heavy atom. The van der Waals surface area contributed by atoms with Crippen molar-refractivity contribution in [1.82, 2.24) is 5.32 Å². The smallest absolute Gasteiger partial charge is 0.231 e. The molecule has 88 valence electrons. The highest BCUT2D eigenvalue weighted by molar-refractivity contribution is 9.10. The Labute approximate surface area is 103 Å². The maximum atomic E-state index is 9.97. The van der Waals surface area contributed by atoms with Crippen LogP contribution in [0.4, 0.5) is 0 Å². The first-order valence-electron chi connectivity index (χ1n) is 5.06. The molecule has 0 radical (unpaired) electrons. The third-order valence-corrected chi connectivity index (χ3v) is 3.66. The van der Waals surface area contributed by atoms with E-state index in [2.05, 4.69) is 21.2 Å². The lowest BCUT2D eigenvalue weighted by atomic mass is 10.0. The summed E-state index contributed by atoms with van der Waals surface area (Å²) in [5.74, 6) is 1.46. The van der Waals surface area contributed by atoms with Crippen LogP contribution < -0.4 is 14.8 Å². The van der Waals surface area contributed by atoms with Crippen LogP contribution in [0.5, 0.6) is 11.5 Å². The maximum absolute atomic E-state index is 9.97. The summed E-state index contributed by atoms with van der Waals surface area (Å²) in [5, 5.41) is 12.9. The number of ether oxygens (including phenoxy) is 2. The molecule has 1 atom stereocenters. The van der Waals surface area contributed by atoms with Crippen molar-refractivity contribution in [2.75, 3.05) is 20.4 Å². The Hall–Kier alpha value is -0.780. The van der Waals surface area contributed by atoms with Crippen LogP contribution in [0, 0.1) is 6.92 Å². The van der Waals surface area contributed by atoms with E-state index in [1.54, 1.807) is 7.05 Å². The van der Waals surface area contributed by atoms with Gasteiger partial charge in [-0.1, -0.05) is 0 Å². The molecule has 0 aromatic heterocycles. The number of halogens is 1. The van der Waals surface area contributed by atoms with Crippen molar-refractivity contribution in [2.24, 2.45) is 0 Å². The molecule has 0 aliphatic carbocycles. The highest BCUT2D eigenvalue weighted by Crippen LogP contribution is 2.42. The first kappa shape index (κ1) is 11.7. The summed E-state index contributed by atoms with van der Waals surface area (Å²) < 4.78 is 11.6. The van der Waals surface area contributed by atoms with Crippen LogP contribution in [0.15, 0.2) is 10.5 Å². The molecule has 1 aliphatic rings. The van der Waals surface area contributed by atoms with Crippen molar-refractivity contribution in [3.63, 3.8) is 0 Å². The van der Waals surface area contributed by atoms with Crippen LogP contribution in [-0.2, 0) is 0 Å². The summed E-state index contributed by atoms with van der Waals surface area (Å²) in [5.41, 5.74) is 1.77. The van der Waals surface area contributed by atoms with Gasteiger partial charge in [-0.15, -0.1) is 0 Å². The fourth-order valence-electron chi connectivity index (χ4n) is 1.76. The zero-order valence-electron chi connectivity index (χ0n) is 9.21. The molecule has 16 heavy (non-hydrogen) atoms. The van der Waals surface area contributed by atoms with Gasteiger partial charge in [0, 0.05) is 22.1 Å². The quantitative estimate of drug-likeness (QED) is 0.889. The van der Waals surface area contributed by atoms with E-state index in [1.807, 2.05) is 13.0 Å². The highest BCUT2D eigenvalue weighted by atomic mass is 79.9. The molecule has 1 aliphatic heterocycles. The van der Waals surface area contributed by atoms with Crippen molar-refractivity contribution in [2.45, 2.75) is 13.0 Å². The van der Waals surface area contributed by atoms with Crippen LogP contribution in [0.1, 0.15) is 17.2 Å². The van der Waals surface area contributed by atoms with Gasteiger partial charge < -0.3 is 19.9 Å². The van der Waals surface area contributed by atoms with Crippen molar-refractivity contribution >= 4 is 15.9 Å². The second-order valence-electron chi connectivity index (χ2n) is 3.71. The van der Waals surface area contributed by atoms with E-state index in [0.717, 1.165) is 21.3 Å². The minimum atomic E-state index is -0.562. The second kappa shape index (κ2) is 4.61. The number of aliphatic hydroxyl groups excluding tert-OH is 1. The van der Waals surface area contributed by atoms with Gasteiger partial charge in [-0.05, 0) is 36.0 Å². The molecule has 2 rings (SSSR count). The fraction of sp³-hybridized carbons (Fsp3) is 0.455. The van der Waals surface area contributed by atoms with Crippen LogP contribution in [0.2, 0.25) is 0 Å². The molecular formula is C11H14BrNO3. The van der Waals surface area contributed by atoms with E-state index in [-0.39, 0.29) is 6.79 Å². The molecule has 2 N–H and O–H groups in total. The molecule has 1 unspecified atom stereocenters. The Kier molecular flexibility index (Phi) is 3.37. The van der Waals surface area contributed by atoms with Gasteiger partial charge >= 0.3 is 0 Å². The SMILES string of the molecule is CNCC(O)c1cc2c(c(C)c1Br)OCO2. The van der Waals surface area contributed by atoms with Gasteiger partial charge in [0.05, 0.1) is 6.10 Å². The van der Waals surface area contributed by atoms with Gasteiger partial charge in [0.15, 0.2) is 11.5 Å². The zero-order valence-corrected chi connectivity index (χ0v) is 10.8. The molecule has 0 bridgehead atoms. The normalized spacial score (nSPS) is 15.2. The second-order valence-corrected chi connectivity index (χ2v) is 4.51. The van der Waals surface area contributed by atoms with E-state index in [9.17, 15) is 5.11 Å². The van der Waals surface area contributed by atoms with E-state index in [1.165, 1.54) is 0 Å². The van der Waals surface area contributed by atoms with E-state index in [0.29, 0.717) is 12.3 Å². The fourth-order valence-corrected chi connectivity index (χ4v) is 2.31. The standard InChI is InChI=1S/C11H14BrNO3/c1-6-10(12)7(8(14)4-13-2)3-9-11(6)16-5-15-9/h3,8,13-14H,4-5H2,1-2H3. The van der Waals surface area contributed by atoms with Crippen molar-refractivity contribution < 1.29 is 14.6 Å². The summed E-state index contributed by atoms with van der Waals surface area (Å²) in [7, 11) is 1.80. The summed E-state index contributed by atoms with van der Waals surface area (Å²) in [6, 6.07) is 1.82. The Bertz CT molecular complexity index is 409. The monoisotopic (exact) mass is 287 g/mol. The lowest BCUT2D eigenvalue weighted by molar-refractivity contribution is 0.171. The zero-order chi connectivity index (χ0) is 11.7. The van der Waals surface area contributed by atoms with Gasteiger partial charge in [-0.25, -0.2) is 0 Å². The lowest BCUT2D eigenvalue weighted by Gasteiger charge is -2.15. The topological polar surface area (TPSA) is 50.7 Å². The minimum Gasteiger partial charge on any atom is -0.454 e. The highest BCUT2D eigenvalue weighted by Gasteiger charge is 2.23. The molecule has 1 aromatic carbocycles. The van der Waals surface area contributed by atoms with Gasteiger partial charge in [0.2, 0.25) is 6.79 Å². The molecule has 0 saturated carbocycles. The lowest BCUT2D eigenvalue weighted by Crippen LogP contribution is -2.17. The Morgan fingerprint density at radius 2 is 2.31 bits per heavy atom. The summed E-state index contributed by atoms with van der Waals surface area (Å²) in [6.45, 7) is 2.68. The molecule has 0 spiro atoms. The number of fused-ring (bicyclic) bond motifs is 1. The number of aliphatic hydroxyl groups is 1. The average molecular weight is 288 g/mol. The predicted octanol–water partition coefficient (Wildman–Crippen LogP) is 1.74. The van der Waals surface area contributed by atoms with Gasteiger partial charge in [-0.2, -0.15) is 0 Å². The molecular weight excluding hydrogens is 274 g/mol. The molecule has 0 amide bonds. The third kappa shape index (κ3) is 1.90. The number of hydrogen-bond donors (Lipinski definition) is 2. The molecule has 1 aromatic rings. The van der Waals surface area contributed by atoms with Gasteiger partial charge in [0.1, 0.15) is 0 Å². The molecule has 4 nitrogen and oxygen atoms in total. The molecule has 5 heteroatoms. The van der Waals surface area contributed by atoms with Crippen LogP contribution in [0.3, 0.4) is 0 Å². The van der Waals surface area contributed by atoms with Crippen molar-refractivity contribution in [3.05, 3.63) is 21.7 Å². The molecule has 0 saturated heterocycles. The number of likely N-dealkylation sites (N-methyl/N-ethyl adjacent to an activating group) is 1. The van der Waals surface area contributed by atoms with Crippen LogP contribution >= 0.6 is 15.9 Å². The number of nitrogens with one attached hydrogen (secondary N) is 1. The van der Waals surface area contributed by atoms with E-state index >= 15 is 0 Å². The van der Waals surface area contributed by atoms with Gasteiger partial charge in [-0.3, -0.25) is 0 Å². The van der Waals surface area contributed by atoms with Crippen LogP contribution in [0.25, 0.3) is 0 Å². The van der Waals surface area contributed by atoms with Crippen molar-refractivity contribution in [1.29, 1.82) is 0 Å². The Balaban J connectivity index is 2.43. The third-order valence-electron chi connectivity index (χ3n) is 2.61. The van der Waals surface area contributed by atoms with Gasteiger partial charge in [0.25, 0.3) is 0 Å². The summed E-state index contributed by atoms with van der Waals surface area (Å²) >= 11 is 3.48. The maximum Gasteiger partial charge on any atom is 0.231 e. The number of benzene rings is 1. The summed E-state index contributed by atoms with van der Waals surface area (Å²) in [4.78, 5) is 0. The van der Waals surface area contributed by atoms with Crippen LogP contribution in [-0.4, -0.2) is 25.5 Å². The molecule has 1 heterocycles. The first-order chi connectivity index (χ1) is 7.65. The number of hydrogen-bond acceptors (Lipinski definition) is 4. The van der Waals surface area contributed by atoms with E-state index in [4.69, 9.17) is 9.47 Å². The first-order valence-corrected chi connectivity index (χ1v) is 5.85. The average Bonchev–Trinajstić information content (AvgIpc) is 2.71. The Morgan fingerprint density at radius 3 is 3.00 bits per heavy atom. The minimum absolute atomic E-state index is 0.244. The van der Waals surface area contributed by atoms with E-state index < -0.39 is 6.10 Å². The predicted molar refractivity (Wildman–Crippen MR) is 63.9 cm³/mol. The largest absolute Gasteiger partial charge is 0.454 e. The molecule has 0 fully saturated rings. The summed E-state index contributed by atoms with van der Waals surface area (Å²) in [6.07, 6.45) is -0.562. The number of rotatable bonds is 3.